The number of rotatable bonds is 3. The largest absolute Gasteiger partial charge is 0.495 e. The van der Waals surface area contributed by atoms with E-state index in [2.05, 4.69) is 14.9 Å². The minimum atomic E-state index is 0.263. The minimum absolute atomic E-state index is 0.263. The van der Waals surface area contributed by atoms with Crippen molar-refractivity contribution in [2.45, 2.75) is 18.9 Å². The molecule has 5 nitrogen and oxygen atoms in total. The van der Waals surface area contributed by atoms with Crippen LogP contribution in [0.4, 0.5) is 0 Å². The molecule has 3 aromatic rings. The predicted octanol–water partition coefficient (Wildman–Crippen LogP) is 2.85. The number of aromatic nitrogens is 3. The summed E-state index contributed by atoms with van der Waals surface area (Å²) in [6.07, 6.45) is 4.08. The summed E-state index contributed by atoms with van der Waals surface area (Å²) in [6.45, 7) is 1.03. The summed E-state index contributed by atoms with van der Waals surface area (Å²) < 4.78 is 7.66. The van der Waals surface area contributed by atoms with Gasteiger partial charge in [0.15, 0.2) is 5.65 Å². The SMILES string of the molecule is COc1ccccc1-n1c(C2CCCN2)nc2cccnc21. The van der Waals surface area contributed by atoms with Gasteiger partial charge in [0.1, 0.15) is 17.1 Å². The lowest BCUT2D eigenvalue weighted by atomic mass is 10.2. The predicted molar refractivity (Wildman–Crippen MR) is 85.4 cm³/mol. The molecule has 0 bridgehead atoms. The number of ether oxygens (including phenoxy) is 1. The lowest BCUT2D eigenvalue weighted by Crippen LogP contribution is -2.17. The Bertz CT molecular complexity index is 805. The fourth-order valence-corrected chi connectivity index (χ4v) is 3.12. The molecule has 1 aliphatic rings. The molecule has 1 aliphatic heterocycles. The zero-order valence-electron chi connectivity index (χ0n) is 12.5. The molecule has 1 N–H and O–H groups in total. The second kappa shape index (κ2) is 5.42. The van der Waals surface area contributed by atoms with Gasteiger partial charge in [-0.2, -0.15) is 0 Å². The van der Waals surface area contributed by atoms with Crippen LogP contribution >= 0.6 is 0 Å². The van der Waals surface area contributed by atoms with E-state index in [1.165, 1.54) is 6.42 Å². The van der Waals surface area contributed by atoms with E-state index in [1.54, 1.807) is 7.11 Å². The molecule has 0 radical (unpaired) electrons. The molecule has 0 spiro atoms. The van der Waals surface area contributed by atoms with Gasteiger partial charge in [-0.3, -0.25) is 4.57 Å². The summed E-state index contributed by atoms with van der Waals surface area (Å²) in [5.74, 6) is 1.84. The van der Waals surface area contributed by atoms with Gasteiger partial charge in [-0.15, -0.1) is 0 Å². The van der Waals surface area contributed by atoms with Crippen molar-refractivity contribution in [2.24, 2.45) is 0 Å². The first kappa shape index (κ1) is 13.3. The lowest BCUT2D eigenvalue weighted by molar-refractivity contribution is 0.412. The Hall–Kier alpha value is -2.40. The van der Waals surface area contributed by atoms with Crippen molar-refractivity contribution >= 4 is 11.2 Å². The molecule has 0 saturated carbocycles. The van der Waals surface area contributed by atoms with Crippen molar-refractivity contribution in [1.82, 2.24) is 19.9 Å². The molecule has 3 heterocycles. The fourth-order valence-electron chi connectivity index (χ4n) is 3.12. The van der Waals surface area contributed by atoms with Gasteiger partial charge in [0.25, 0.3) is 0 Å². The number of hydrogen-bond donors (Lipinski definition) is 1. The molecule has 22 heavy (non-hydrogen) atoms. The van der Waals surface area contributed by atoms with Crippen LogP contribution in [0.25, 0.3) is 16.9 Å². The Morgan fingerprint density at radius 3 is 2.95 bits per heavy atom. The fraction of sp³-hybridized carbons (Fsp3) is 0.294. The number of pyridine rings is 1. The molecule has 1 unspecified atom stereocenters. The molecule has 0 aliphatic carbocycles. The van der Waals surface area contributed by atoms with Crippen molar-refractivity contribution in [3.05, 3.63) is 48.4 Å². The molecule has 112 valence electrons. The zero-order valence-corrected chi connectivity index (χ0v) is 12.5. The normalized spacial score (nSPS) is 18.0. The first-order valence-electron chi connectivity index (χ1n) is 7.58. The third-order valence-electron chi connectivity index (χ3n) is 4.14. The van der Waals surface area contributed by atoms with Crippen molar-refractivity contribution in [2.75, 3.05) is 13.7 Å². The maximum absolute atomic E-state index is 5.54. The molecule has 1 atom stereocenters. The monoisotopic (exact) mass is 294 g/mol. The molecule has 1 aromatic carbocycles. The van der Waals surface area contributed by atoms with E-state index in [9.17, 15) is 0 Å². The molecular weight excluding hydrogens is 276 g/mol. The van der Waals surface area contributed by atoms with Crippen LogP contribution in [0, 0.1) is 0 Å². The Balaban J connectivity index is 1.99. The van der Waals surface area contributed by atoms with Gasteiger partial charge in [-0.25, -0.2) is 9.97 Å². The highest BCUT2D eigenvalue weighted by Gasteiger charge is 2.25. The maximum Gasteiger partial charge on any atom is 0.164 e. The highest BCUT2D eigenvalue weighted by atomic mass is 16.5. The van der Waals surface area contributed by atoms with Crippen LogP contribution in [0.15, 0.2) is 42.6 Å². The van der Waals surface area contributed by atoms with Crippen molar-refractivity contribution in [3.63, 3.8) is 0 Å². The van der Waals surface area contributed by atoms with Crippen LogP contribution < -0.4 is 10.1 Å². The molecule has 4 rings (SSSR count). The summed E-state index contributed by atoms with van der Waals surface area (Å²) >= 11 is 0. The van der Waals surface area contributed by atoms with E-state index in [1.807, 2.05) is 42.6 Å². The second-order valence-electron chi connectivity index (χ2n) is 5.47. The Labute approximate surface area is 129 Å². The van der Waals surface area contributed by atoms with E-state index in [0.29, 0.717) is 0 Å². The number of nitrogens with one attached hydrogen (secondary N) is 1. The Kier molecular flexibility index (Phi) is 3.27. The van der Waals surface area contributed by atoms with Crippen molar-refractivity contribution < 1.29 is 4.74 Å². The quantitative estimate of drug-likeness (QED) is 0.807. The third-order valence-corrected chi connectivity index (χ3v) is 4.14. The summed E-state index contributed by atoms with van der Waals surface area (Å²) in [7, 11) is 1.69. The molecule has 5 heteroatoms. The van der Waals surface area contributed by atoms with E-state index in [0.717, 1.165) is 41.4 Å². The number of benzene rings is 1. The van der Waals surface area contributed by atoms with Gasteiger partial charge in [0.2, 0.25) is 0 Å². The van der Waals surface area contributed by atoms with E-state index < -0.39 is 0 Å². The van der Waals surface area contributed by atoms with Crippen LogP contribution in [-0.4, -0.2) is 28.2 Å². The molecular formula is C17H18N4O. The number of methoxy groups -OCH3 is 1. The van der Waals surface area contributed by atoms with Gasteiger partial charge in [0.05, 0.1) is 18.8 Å². The maximum atomic E-state index is 5.54. The average Bonchev–Trinajstić information content (AvgIpc) is 3.22. The van der Waals surface area contributed by atoms with Crippen LogP contribution in [0.3, 0.4) is 0 Å². The number of fused-ring (bicyclic) bond motifs is 1. The van der Waals surface area contributed by atoms with Gasteiger partial charge >= 0.3 is 0 Å². The molecule has 1 fully saturated rings. The van der Waals surface area contributed by atoms with Gasteiger partial charge < -0.3 is 10.1 Å². The number of hydrogen-bond acceptors (Lipinski definition) is 4. The van der Waals surface area contributed by atoms with Crippen LogP contribution in [0.2, 0.25) is 0 Å². The molecule has 1 saturated heterocycles. The number of nitrogens with zero attached hydrogens (tertiary/aromatic N) is 3. The summed E-state index contributed by atoms with van der Waals surface area (Å²) in [5.41, 5.74) is 2.77. The van der Waals surface area contributed by atoms with Gasteiger partial charge in [-0.05, 0) is 43.7 Å². The summed E-state index contributed by atoms with van der Waals surface area (Å²) in [6, 6.07) is 12.2. The summed E-state index contributed by atoms with van der Waals surface area (Å²) in [4.78, 5) is 9.37. The Morgan fingerprint density at radius 2 is 2.14 bits per heavy atom. The highest BCUT2D eigenvalue weighted by Crippen LogP contribution is 2.32. The van der Waals surface area contributed by atoms with E-state index in [-0.39, 0.29) is 6.04 Å². The van der Waals surface area contributed by atoms with Gasteiger partial charge in [0, 0.05) is 6.20 Å². The summed E-state index contributed by atoms with van der Waals surface area (Å²) in [5, 5.41) is 3.53. The van der Waals surface area contributed by atoms with Crippen molar-refractivity contribution in [1.29, 1.82) is 0 Å². The highest BCUT2D eigenvalue weighted by molar-refractivity contribution is 5.75. The molecule has 2 aromatic heterocycles. The first-order chi connectivity index (χ1) is 10.9. The second-order valence-corrected chi connectivity index (χ2v) is 5.47. The smallest absolute Gasteiger partial charge is 0.164 e. The minimum Gasteiger partial charge on any atom is -0.495 e. The third kappa shape index (κ3) is 2.05. The first-order valence-corrected chi connectivity index (χ1v) is 7.58. The van der Waals surface area contributed by atoms with Crippen LogP contribution in [-0.2, 0) is 0 Å². The van der Waals surface area contributed by atoms with Gasteiger partial charge in [-0.1, -0.05) is 12.1 Å². The van der Waals surface area contributed by atoms with E-state index in [4.69, 9.17) is 9.72 Å². The zero-order chi connectivity index (χ0) is 14.9. The van der Waals surface area contributed by atoms with E-state index >= 15 is 0 Å². The standard InChI is InChI=1S/C17H18N4O/c1-22-15-9-3-2-8-14(15)21-16-13(7-5-11-19-16)20-17(21)12-6-4-10-18-12/h2-3,5,7-9,11-12,18H,4,6,10H2,1H3. The topological polar surface area (TPSA) is 52.0 Å². The Morgan fingerprint density at radius 1 is 1.23 bits per heavy atom. The molecule has 0 amide bonds. The average molecular weight is 294 g/mol. The van der Waals surface area contributed by atoms with Crippen LogP contribution in [0.5, 0.6) is 5.75 Å². The number of imidazole rings is 1. The van der Waals surface area contributed by atoms with Crippen molar-refractivity contribution in [3.8, 4) is 11.4 Å². The number of para-hydroxylation sites is 2. The lowest BCUT2D eigenvalue weighted by Gasteiger charge is -2.16. The van der Waals surface area contributed by atoms with Crippen LogP contribution in [0.1, 0.15) is 24.7 Å².